The topological polar surface area (TPSA) is 38.3 Å². The first kappa shape index (κ1) is 11.6. The van der Waals surface area contributed by atoms with Crippen molar-refractivity contribution in [3.63, 3.8) is 0 Å². The number of aryl methyl sites for hydroxylation is 1. The van der Waals surface area contributed by atoms with Gasteiger partial charge in [0, 0.05) is 11.5 Å². The lowest BCUT2D eigenvalue weighted by Gasteiger charge is -2.19. The molecule has 0 unspecified atom stereocenters. The van der Waals surface area contributed by atoms with Crippen LogP contribution in [-0.4, -0.2) is 24.7 Å². The molecule has 1 fully saturated rings. The summed E-state index contributed by atoms with van der Waals surface area (Å²) in [7, 11) is 0. The Hall–Kier alpha value is -0.870. The molecular formula is C12H17NO2S. The molecule has 1 saturated heterocycles. The van der Waals surface area contributed by atoms with Gasteiger partial charge < -0.3 is 10.1 Å². The van der Waals surface area contributed by atoms with E-state index >= 15 is 0 Å². The first-order valence-corrected chi connectivity index (χ1v) is 6.47. The van der Waals surface area contributed by atoms with Crippen molar-refractivity contribution < 1.29 is 9.53 Å². The number of ether oxygens (including phenoxy) is 1. The Balaban J connectivity index is 1.91. The highest BCUT2D eigenvalue weighted by Gasteiger charge is 2.24. The van der Waals surface area contributed by atoms with Crippen LogP contribution in [0, 0.1) is 6.92 Å². The van der Waals surface area contributed by atoms with Gasteiger partial charge in [0.25, 0.3) is 5.91 Å². The van der Waals surface area contributed by atoms with Crippen molar-refractivity contribution in [1.29, 1.82) is 0 Å². The Morgan fingerprint density at radius 2 is 2.44 bits per heavy atom. The monoisotopic (exact) mass is 239 g/mol. The lowest BCUT2D eigenvalue weighted by Crippen LogP contribution is -2.40. The Bertz CT molecular complexity index is 369. The molecule has 4 heteroatoms. The van der Waals surface area contributed by atoms with Gasteiger partial charge in [0.15, 0.2) is 0 Å². The van der Waals surface area contributed by atoms with Crippen LogP contribution in [0.25, 0.3) is 0 Å². The van der Waals surface area contributed by atoms with Crippen LogP contribution in [0.1, 0.15) is 34.3 Å². The third-order valence-corrected chi connectivity index (χ3v) is 3.84. The predicted octanol–water partition coefficient (Wildman–Crippen LogP) is 2.35. The number of hydrogen-bond acceptors (Lipinski definition) is 3. The molecule has 1 aliphatic heterocycles. The van der Waals surface area contributed by atoms with E-state index in [0.717, 1.165) is 29.2 Å². The van der Waals surface area contributed by atoms with Gasteiger partial charge in [-0.1, -0.05) is 0 Å². The normalized spacial score (nSPS) is 22.0. The molecule has 0 aromatic carbocycles. The summed E-state index contributed by atoms with van der Waals surface area (Å²) in [6.07, 6.45) is 2.33. The highest BCUT2D eigenvalue weighted by molar-refractivity contribution is 7.13. The number of nitrogens with one attached hydrogen (secondary N) is 1. The van der Waals surface area contributed by atoms with Gasteiger partial charge in [-0.15, -0.1) is 11.3 Å². The van der Waals surface area contributed by atoms with Gasteiger partial charge >= 0.3 is 0 Å². The molecule has 1 N–H and O–H groups in total. The zero-order valence-corrected chi connectivity index (χ0v) is 10.5. The fourth-order valence-electron chi connectivity index (χ4n) is 1.92. The minimum absolute atomic E-state index is 0.0149. The number of amides is 1. The quantitative estimate of drug-likeness (QED) is 0.879. The van der Waals surface area contributed by atoms with Gasteiger partial charge in [-0.25, -0.2) is 0 Å². The third-order valence-electron chi connectivity index (χ3n) is 2.85. The van der Waals surface area contributed by atoms with Crippen molar-refractivity contribution in [2.75, 3.05) is 6.61 Å². The Labute approximate surface area is 99.8 Å². The standard InChI is InChI=1S/C12H17NO2S/c1-8-5-6-11(16-8)12(14)13-9(2)10-4-3-7-15-10/h5-6,9-10H,3-4,7H2,1-2H3,(H,13,14)/t9-,10-/m0/s1. The van der Waals surface area contributed by atoms with Crippen molar-refractivity contribution in [3.05, 3.63) is 21.9 Å². The van der Waals surface area contributed by atoms with Crippen molar-refractivity contribution in [1.82, 2.24) is 5.32 Å². The average Bonchev–Trinajstić information content (AvgIpc) is 2.87. The fourth-order valence-corrected chi connectivity index (χ4v) is 2.69. The Kier molecular flexibility index (Phi) is 3.61. The fraction of sp³-hybridized carbons (Fsp3) is 0.583. The largest absolute Gasteiger partial charge is 0.376 e. The van der Waals surface area contributed by atoms with Crippen LogP contribution in [0.15, 0.2) is 12.1 Å². The first-order valence-electron chi connectivity index (χ1n) is 5.66. The second-order valence-corrected chi connectivity index (χ2v) is 5.51. The summed E-state index contributed by atoms with van der Waals surface area (Å²) in [6.45, 7) is 4.84. The summed E-state index contributed by atoms with van der Waals surface area (Å²) in [6, 6.07) is 3.94. The molecule has 16 heavy (non-hydrogen) atoms. The van der Waals surface area contributed by atoms with E-state index in [2.05, 4.69) is 5.32 Å². The smallest absolute Gasteiger partial charge is 0.261 e. The maximum atomic E-state index is 11.9. The number of carbonyl (C=O) groups is 1. The molecule has 1 aliphatic rings. The Morgan fingerprint density at radius 3 is 3.00 bits per heavy atom. The number of carbonyl (C=O) groups excluding carboxylic acids is 1. The van der Waals surface area contributed by atoms with Crippen LogP contribution in [0.4, 0.5) is 0 Å². The molecule has 0 radical (unpaired) electrons. The number of thiophene rings is 1. The molecule has 2 heterocycles. The van der Waals surface area contributed by atoms with E-state index in [9.17, 15) is 4.79 Å². The van der Waals surface area contributed by atoms with Crippen molar-refractivity contribution in [2.24, 2.45) is 0 Å². The van der Waals surface area contributed by atoms with Crippen LogP contribution in [0.2, 0.25) is 0 Å². The molecule has 2 rings (SSSR count). The van der Waals surface area contributed by atoms with Crippen LogP contribution in [0.5, 0.6) is 0 Å². The Morgan fingerprint density at radius 1 is 1.62 bits per heavy atom. The molecule has 3 nitrogen and oxygen atoms in total. The van der Waals surface area contributed by atoms with Gasteiger partial charge in [0.05, 0.1) is 17.0 Å². The SMILES string of the molecule is Cc1ccc(C(=O)N[C@@H](C)[C@@H]2CCCO2)s1. The minimum atomic E-state index is 0.0149. The molecule has 0 aliphatic carbocycles. The third kappa shape index (κ3) is 2.62. The molecule has 1 amide bonds. The van der Waals surface area contributed by atoms with Crippen LogP contribution >= 0.6 is 11.3 Å². The summed E-state index contributed by atoms with van der Waals surface area (Å²) in [5.41, 5.74) is 0. The van der Waals surface area contributed by atoms with E-state index in [1.165, 1.54) is 11.3 Å². The minimum Gasteiger partial charge on any atom is -0.376 e. The summed E-state index contributed by atoms with van der Waals surface area (Å²) in [5.74, 6) is 0.0149. The van der Waals surface area contributed by atoms with Gasteiger partial charge in [-0.3, -0.25) is 4.79 Å². The molecular weight excluding hydrogens is 222 g/mol. The molecule has 2 atom stereocenters. The first-order chi connectivity index (χ1) is 7.66. The molecule has 0 spiro atoms. The summed E-state index contributed by atoms with van der Waals surface area (Å²) < 4.78 is 5.55. The predicted molar refractivity (Wildman–Crippen MR) is 65.0 cm³/mol. The summed E-state index contributed by atoms with van der Waals surface area (Å²) in [4.78, 5) is 13.8. The van der Waals surface area contributed by atoms with Crippen molar-refractivity contribution in [2.45, 2.75) is 38.8 Å². The van der Waals surface area contributed by atoms with Gasteiger partial charge in [-0.2, -0.15) is 0 Å². The van der Waals surface area contributed by atoms with Crippen molar-refractivity contribution in [3.8, 4) is 0 Å². The lowest BCUT2D eigenvalue weighted by atomic mass is 10.1. The van der Waals surface area contributed by atoms with Gasteiger partial charge in [0.1, 0.15) is 0 Å². The second kappa shape index (κ2) is 4.97. The van der Waals surface area contributed by atoms with Crippen LogP contribution < -0.4 is 5.32 Å². The van der Waals surface area contributed by atoms with E-state index in [-0.39, 0.29) is 18.1 Å². The number of hydrogen-bond donors (Lipinski definition) is 1. The van der Waals surface area contributed by atoms with E-state index in [1.807, 2.05) is 26.0 Å². The lowest BCUT2D eigenvalue weighted by molar-refractivity contribution is 0.0714. The van der Waals surface area contributed by atoms with Crippen molar-refractivity contribution >= 4 is 17.2 Å². The molecule has 1 aromatic heterocycles. The number of rotatable bonds is 3. The highest BCUT2D eigenvalue weighted by atomic mass is 32.1. The summed E-state index contributed by atoms with van der Waals surface area (Å²) >= 11 is 1.53. The van der Waals surface area contributed by atoms with Crippen LogP contribution in [-0.2, 0) is 4.74 Å². The molecule has 1 aromatic rings. The maximum absolute atomic E-state index is 11.9. The van der Waals surface area contributed by atoms with Gasteiger partial charge in [-0.05, 0) is 38.8 Å². The summed E-state index contributed by atoms with van der Waals surface area (Å²) in [5, 5.41) is 3.00. The zero-order valence-electron chi connectivity index (χ0n) is 9.66. The molecule has 0 saturated carbocycles. The van der Waals surface area contributed by atoms with Gasteiger partial charge in [0.2, 0.25) is 0 Å². The molecule has 88 valence electrons. The maximum Gasteiger partial charge on any atom is 0.261 e. The zero-order chi connectivity index (χ0) is 11.5. The van der Waals surface area contributed by atoms with Crippen LogP contribution in [0.3, 0.4) is 0 Å². The van der Waals surface area contributed by atoms with E-state index < -0.39 is 0 Å². The second-order valence-electron chi connectivity index (χ2n) is 4.22. The van der Waals surface area contributed by atoms with E-state index in [4.69, 9.17) is 4.74 Å². The van der Waals surface area contributed by atoms with E-state index in [0.29, 0.717) is 0 Å². The average molecular weight is 239 g/mol. The van der Waals surface area contributed by atoms with E-state index in [1.54, 1.807) is 0 Å². The molecule has 0 bridgehead atoms. The highest BCUT2D eigenvalue weighted by Crippen LogP contribution is 2.18.